The predicted molar refractivity (Wildman–Crippen MR) is 80.0 cm³/mol. The number of halogens is 1. The highest BCUT2D eigenvalue weighted by atomic mass is 35.5. The molecule has 0 bridgehead atoms. The first kappa shape index (κ1) is 13.6. The quantitative estimate of drug-likeness (QED) is 0.868. The van der Waals surface area contributed by atoms with E-state index in [1.54, 1.807) is 6.33 Å². The number of hydrogen-bond donors (Lipinski definition) is 0. The maximum Gasteiger partial charge on any atom is 0.129 e. The van der Waals surface area contributed by atoms with Crippen LogP contribution in [0.5, 0.6) is 0 Å². The summed E-state index contributed by atoms with van der Waals surface area (Å²) in [5.74, 6) is 1.59. The van der Waals surface area contributed by atoms with Gasteiger partial charge >= 0.3 is 0 Å². The van der Waals surface area contributed by atoms with Crippen LogP contribution >= 0.6 is 11.6 Å². The van der Waals surface area contributed by atoms with Crippen molar-refractivity contribution in [3.8, 4) is 0 Å². The van der Waals surface area contributed by atoms with Crippen molar-refractivity contribution >= 4 is 11.6 Å². The van der Waals surface area contributed by atoms with Gasteiger partial charge in [-0.05, 0) is 43.5 Å². The number of nitrogens with zero attached hydrogens (tertiary/aromatic N) is 4. The average Bonchev–Trinajstić information content (AvgIpc) is 3.05. The molecule has 1 saturated heterocycles. The fraction of sp³-hybridized carbons (Fsp3) is 0.467. The van der Waals surface area contributed by atoms with E-state index in [2.05, 4.69) is 31.8 Å². The molecule has 0 aliphatic carbocycles. The number of aryl methyl sites for hydroxylation is 1. The minimum Gasteiger partial charge on any atom is -0.317 e. The summed E-state index contributed by atoms with van der Waals surface area (Å²) in [6, 6.07) is 8.26. The van der Waals surface area contributed by atoms with E-state index in [0.717, 1.165) is 37.0 Å². The standard InChI is InChI=1S/C15H19ClN4/c1-12-18-17-11-20(12)8-7-19-6-5-14(10-19)13-3-2-4-15(16)9-13/h2-4,9,11,14H,5-8,10H2,1H3/t14-/m1/s1. The largest absolute Gasteiger partial charge is 0.317 e. The SMILES string of the molecule is Cc1nncn1CCN1CC[C@@H](c2cccc(Cl)c2)C1. The van der Waals surface area contributed by atoms with Crippen molar-refractivity contribution in [2.24, 2.45) is 0 Å². The van der Waals surface area contributed by atoms with Gasteiger partial charge in [0.15, 0.2) is 0 Å². The van der Waals surface area contributed by atoms with Gasteiger partial charge in [0.1, 0.15) is 12.2 Å². The molecule has 0 saturated carbocycles. The molecule has 3 rings (SSSR count). The maximum absolute atomic E-state index is 6.07. The third-order valence-corrected chi connectivity index (χ3v) is 4.29. The van der Waals surface area contributed by atoms with E-state index < -0.39 is 0 Å². The molecule has 1 aromatic carbocycles. The molecular formula is C15H19ClN4. The second-order valence-electron chi connectivity index (χ2n) is 5.41. The monoisotopic (exact) mass is 290 g/mol. The fourth-order valence-electron chi connectivity index (χ4n) is 2.85. The van der Waals surface area contributed by atoms with Crippen molar-refractivity contribution in [3.63, 3.8) is 0 Å². The third-order valence-electron chi connectivity index (χ3n) is 4.06. The molecule has 0 N–H and O–H groups in total. The van der Waals surface area contributed by atoms with Crippen molar-refractivity contribution in [1.29, 1.82) is 0 Å². The molecule has 20 heavy (non-hydrogen) atoms. The minimum atomic E-state index is 0.607. The van der Waals surface area contributed by atoms with Crippen LogP contribution in [-0.4, -0.2) is 39.3 Å². The van der Waals surface area contributed by atoms with Gasteiger partial charge in [0, 0.05) is 24.7 Å². The van der Waals surface area contributed by atoms with Gasteiger partial charge < -0.3 is 9.47 Å². The van der Waals surface area contributed by atoms with E-state index >= 15 is 0 Å². The molecular weight excluding hydrogens is 272 g/mol. The Labute approximate surface area is 124 Å². The molecule has 4 nitrogen and oxygen atoms in total. The van der Waals surface area contributed by atoms with Gasteiger partial charge in [-0.25, -0.2) is 0 Å². The summed E-state index contributed by atoms with van der Waals surface area (Å²) < 4.78 is 2.10. The highest BCUT2D eigenvalue weighted by Crippen LogP contribution is 2.28. The minimum absolute atomic E-state index is 0.607. The molecule has 1 aromatic heterocycles. The Morgan fingerprint density at radius 1 is 1.35 bits per heavy atom. The maximum atomic E-state index is 6.07. The lowest BCUT2D eigenvalue weighted by molar-refractivity contribution is 0.317. The zero-order chi connectivity index (χ0) is 13.9. The summed E-state index contributed by atoms with van der Waals surface area (Å²) >= 11 is 6.07. The van der Waals surface area contributed by atoms with Gasteiger partial charge in [0.25, 0.3) is 0 Å². The first-order valence-electron chi connectivity index (χ1n) is 7.04. The molecule has 0 unspecified atom stereocenters. The van der Waals surface area contributed by atoms with Crippen molar-refractivity contribution in [2.45, 2.75) is 25.8 Å². The topological polar surface area (TPSA) is 34.0 Å². The number of rotatable bonds is 4. The summed E-state index contributed by atoms with van der Waals surface area (Å²) in [5, 5.41) is 8.77. The lowest BCUT2D eigenvalue weighted by Gasteiger charge is -2.16. The highest BCUT2D eigenvalue weighted by molar-refractivity contribution is 6.30. The van der Waals surface area contributed by atoms with Gasteiger partial charge in [0.05, 0.1) is 0 Å². The Balaban J connectivity index is 1.56. The lowest BCUT2D eigenvalue weighted by Crippen LogP contribution is -2.25. The van der Waals surface area contributed by atoms with Gasteiger partial charge in [-0.2, -0.15) is 0 Å². The van der Waals surface area contributed by atoms with E-state index in [0.29, 0.717) is 5.92 Å². The number of benzene rings is 1. The van der Waals surface area contributed by atoms with Crippen LogP contribution in [0.2, 0.25) is 5.02 Å². The van der Waals surface area contributed by atoms with E-state index in [1.807, 2.05) is 19.1 Å². The van der Waals surface area contributed by atoms with Crippen molar-refractivity contribution in [3.05, 3.63) is 47.0 Å². The van der Waals surface area contributed by atoms with Gasteiger partial charge in [-0.3, -0.25) is 0 Å². The number of hydrogen-bond acceptors (Lipinski definition) is 3. The van der Waals surface area contributed by atoms with Gasteiger partial charge in [-0.15, -0.1) is 10.2 Å². The Morgan fingerprint density at radius 2 is 2.25 bits per heavy atom. The molecule has 0 spiro atoms. The zero-order valence-electron chi connectivity index (χ0n) is 11.7. The Hall–Kier alpha value is -1.39. The third kappa shape index (κ3) is 3.02. The van der Waals surface area contributed by atoms with Crippen LogP contribution in [0.4, 0.5) is 0 Å². The van der Waals surface area contributed by atoms with Crippen LogP contribution in [-0.2, 0) is 6.54 Å². The van der Waals surface area contributed by atoms with E-state index in [4.69, 9.17) is 11.6 Å². The molecule has 1 atom stereocenters. The summed E-state index contributed by atoms with van der Waals surface area (Å²) in [5.41, 5.74) is 1.36. The molecule has 106 valence electrons. The van der Waals surface area contributed by atoms with Crippen LogP contribution in [0, 0.1) is 6.92 Å². The molecule has 1 aliphatic rings. The number of aromatic nitrogens is 3. The summed E-state index contributed by atoms with van der Waals surface area (Å²) in [6.07, 6.45) is 3.02. The predicted octanol–water partition coefficient (Wildman–Crippen LogP) is 2.73. The van der Waals surface area contributed by atoms with Gasteiger partial charge in [0.2, 0.25) is 0 Å². The molecule has 2 heterocycles. The molecule has 5 heteroatoms. The van der Waals surface area contributed by atoms with E-state index in [1.165, 1.54) is 12.0 Å². The van der Waals surface area contributed by atoms with Crippen molar-refractivity contribution in [1.82, 2.24) is 19.7 Å². The Bertz CT molecular complexity index is 581. The molecule has 2 aromatic rings. The molecule has 1 aliphatic heterocycles. The summed E-state index contributed by atoms with van der Waals surface area (Å²) in [7, 11) is 0. The second kappa shape index (κ2) is 5.94. The Kier molecular flexibility index (Phi) is 4.03. The van der Waals surface area contributed by atoms with Crippen LogP contribution in [0.3, 0.4) is 0 Å². The normalized spacial score (nSPS) is 19.6. The van der Waals surface area contributed by atoms with Gasteiger partial charge in [-0.1, -0.05) is 23.7 Å². The first-order chi connectivity index (χ1) is 9.72. The molecule has 0 radical (unpaired) electrons. The summed E-state index contributed by atoms with van der Waals surface area (Å²) in [6.45, 7) is 6.27. The van der Waals surface area contributed by atoms with Crippen LogP contribution in [0.25, 0.3) is 0 Å². The van der Waals surface area contributed by atoms with Crippen LogP contribution in [0.1, 0.15) is 23.7 Å². The van der Waals surface area contributed by atoms with Crippen molar-refractivity contribution < 1.29 is 0 Å². The summed E-state index contributed by atoms with van der Waals surface area (Å²) in [4.78, 5) is 2.50. The van der Waals surface area contributed by atoms with Crippen molar-refractivity contribution in [2.75, 3.05) is 19.6 Å². The first-order valence-corrected chi connectivity index (χ1v) is 7.42. The highest BCUT2D eigenvalue weighted by Gasteiger charge is 2.23. The lowest BCUT2D eigenvalue weighted by atomic mass is 9.99. The molecule has 1 fully saturated rings. The number of likely N-dealkylation sites (tertiary alicyclic amines) is 1. The smallest absolute Gasteiger partial charge is 0.129 e. The van der Waals surface area contributed by atoms with Crippen LogP contribution < -0.4 is 0 Å². The van der Waals surface area contributed by atoms with Crippen LogP contribution in [0.15, 0.2) is 30.6 Å². The average molecular weight is 291 g/mol. The zero-order valence-corrected chi connectivity index (χ0v) is 12.4. The van der Waals surface area contributed by atoms with E-state index in [9.17, 15) is 0 Å². The fourth-order valence-corrected chi connectivity index (χ4v) is 3.05. The second-order valence-corrected chi connectivity index (χ2v) is 5.85. The Morgan fingerprint density at radius 3 is 3.00 bits per heavy atom. The molecule has 0 amide bonds. The van der Waals surface area contributed by atoms with E-state index in [-0.39, 0.29) is 0 Å².